The summed E-state index contributed by atoms with van der Waals surface area (Å²) in [5.74, 6) is 0. The molecule has 0 aliphatic carbocycles. The van der Waals surface area contributed by atoms with Crippen LogP contribution in [-0.4, -0.2) is 16.7 Å². The number of pyridine rings is 1. The summed E-state index contributed by atoms with van der Waals surface area (Å²) in [6.45, 7) is 0.154. The fourth-order valence-electron chi connectivity index (χ4n) is 1.49. The molecule has 1 aromatic carbocycles. The lowest BCUT2D eigenvalue weighted by atomic mass is 10.1. The third-order valence-corrected chi connectivity index (χ3v) is 2.10. The molecule has 0 radical (unpaired) electrons. The van der Waals surface area contributed by atoms with Gasteiger partial charge in [0.25, 0.3) is 0 Å². The number of hydrogen-bond acceptors (Lipinski definition) is 2. The number of aliphatic hydroxyl groups excluding tert-OH is 1. The van der Waals surface area contributed by atoms with Crippen LogP contribution in [-0.2, 0) is 6.42 Å². The Morgan fingerprint density at radius 3 is 2.71 bits per heavy atom. The minimum Gasteiger partial charge on any atom is -0.396 e. The van der Waals surface area contributed by atoms with E-state index in [9.17, 15) is 0 Å². The first-order valence-corrected chi connectivity index (χ1v) is 4.35. The van der Waals surface area contributed by atoms with Crippen LogP contribution in [0.5, 0.6) is 0 Å². The van der Waals surface area contributed by atoms with Crippen molar-refractivity contribution < 1.29 is 5.11 Å². The monoisotopic (exact) mass is 301 g/mol. The van der Waals surface area contributed by atoms with Gasteiger partial charge in [-0.2, -0.15) is 0 Å². The molecule has 0 saturated heterocycles. The van der Waals surface area contributed by atoms with Crippen LogP contribution >= 0.6 is 24.0 Å². The summed E-state index contributed by atoms with van der Waals surface area (Å²) in [6, 6.07) is 10.1. The van der Waals surface area contributed by atoms with E-state index in [1.807, 2.05) is 24.3 Å². The Hall–Kier alpha value is -0.680. The Morgan fingerprint density at radius 2 is 1.93 bits per heavy atom. The van der Waals surface area contributed by atoms with Gasteiger partial charge in [-0.3, -0.25) is 4.98 Å². The Labute approximate surface area is 100 Å². The molecule has 0 fully saturated rings. The zero-order valence-electron chi connectivity index (χ0n) is 7.68. The molecule has 2 aromatic rings. The van der Waals surface area contributed by atoms with Gasteiger partial charge in [0.1, 0.15) is 0 Å². The lowest BCUT2D eigenvalue weighted by molar-refractivity contribution is 0.298. The highest BCUT2D eigenvalue weighted by molar-refractivity contribution is 14.0. The molecule has 0 saturated carbocycles. The van der Waals surface area contributed by atoms with E-state index in [4.69, 9.17) is 5.11 Å². The topological polar surface area (TPSA) is 33.1 Å². The van der Waals surface area contributed by atoms with Crippen molar-refractivity contribution in [3.8, 4) is 0 Å². The second-order valence-electron chi connectivity index (χ2n) is 2.95. The summed E-state index contributed by atoms with van der Waals surface area (Å²) in [6.07, 6.45) is 2.41. The molecule has 0 atom stereocenters. The highest BCUT2D eigenvalue weighted by Crippen LogP contribution is 2.16. The average Bonchev–Trinajstić information content (AvgIpc) is 2.19. The fraction of sp³-hybridized carbons (Fsp3) is 0.182. The zero-order chi connectivity index (χ0) is 9.10. The maximum Gasteiger partial charge on any atom is 0.0504 e. The lowest BCUT2D eigenvalue weighted by Crippen LogP contribution is -1.94. The van der Waals surface area contributed by atoms with Gasteiger partial charge in [0.2, 0.25) is 0 Å². The normalized spacial score (nSPS) is 9.79. The van der Waals surface area contributed by atoms with E-state index >= 15 is 0 Å². The van der Waals surface area contributed by atoms with Gasteiger partial charge in [-0.1, -0.05) is 24.3 Å². The molecule has 2 nitrogen and oxygen atoms in total. The predicted molar refractivity (Wildman–Crippen MR) is 67.9 cm³/mol. The number of aliphatic hydroxyl groups is 1. The van der Waals surface area contributed by atoms with Crippen LogP contribution in [0.15, 0.2) is 36.5 Å². The molecule has 0 amide bonds. The number of hydrogen-bond donors (Lipinski definition) is 1. The summed E-state index contributed by atoms with van der Waals surface area (Å²) in [4.78, 5) is 4.24. The lowest BCUT2D eigenvalue weighted by Gasteiger charge is -2.02. The minimum atomic E-state index is 0. The fourth-order valence-corrected chi connectivity index (χ4v) is 1.49. The molecule has 0 aliphatic heterocycles. The van der Waals surface area contributed by atoms with Gasteiger partial charge in [-0.25, -0.2) is 0 Å². The molecule has 2 rings (SSSR count). The average molecular weight is 301 g/mol. The van der Waals surface area contributed by atoms with Crippen molar-refractivity contribution in [2.45, 2.75) is 6.42 Å². The molecule has 0 aliphatic rings. The first-order chi connectivity index (χ1) is 6.42. The molecule has 1 heterocycles. The first-order valence-electron chi connectivity index (χ1n) is 4.35. The summed E-state index contributed by atoms with van der Waals surface area (Å²) in [7, 11) is 0. The van der Waals surface area contributed by atoms with Crippen LogP contribution in [0.2, 0.25) is 0 Å². The van der Waals surface area contributed by atoms with E-state index in [1.165, 1.54) is 5.39 Å². The van der Waals surface area contributed by atoms with Crippen LogP contribution in [0.1, 0.15) is 5.69 Å². The van der Waals surface area contributed by atoms with Crippen LogP contribution in [0.25, 0.3) is 10.8 Å². The Morgan fingerprint density at radius 1 is 1.14 bits per heavy atom. The maximum absolute atomic E-state index is 8.84. The SMILES string of the molecule is I.OCCc1nccc2ccccc12. The number of fused-ring (bicyclic) bond motifs is 1. The van der Waals surface area contributed by atoms with E-state index < -0.39 is 0 Å². The van der Waals surface area contributed by atoms with Gasteiger partial charge in [0.15, 0.2) is 0 Å². The van der Waals surface area contributed by atoms with Crippen LogP contribution in [0.4, 0.5) is 0 Å². The summed E-state index contributed by atoms with van der Waals surface area (Å²) >= 11 is 0. The molecule has 3 heteroatoms. The molecule has 1 N–H and O–H groups in total. The van der Waals surface area contributed by atoms with Gasteiger partial charge in [0, 0.05) is 24.6 Å². The predicted octanol–water partition coefficient (Wildman–Crippen LogP) is 2.39. The van der Waals surface area contributed by atoms with Crippen LogP contribution < -0.4 is 0 Å². The highest BCUT2D eigenvalue weighted by atomic mass is 127. The third-order valence-electron chi connectivity index (χ3n) is 2.10. The largest absolute Gasteiger partial charge is 0.396 e. The van der Waals surface area contributed by atoms with Crippen LogP contribution in [0.3, 0.4) is 0 Å². The molecule has 1 aromatic heterocycles. The van der Waals surface area contributed by atoms with E-state index in [1.54, 1.807) is 6.20 Å². The van der Waals surface area contributed by atoms with Gasteiger partial charge in [-0.15, -0.1) is 24.0 Å². The number of benzene rings is 1. The standard InChI is InChI=1S/C11H11NO.HI/c13-8-6-11-10-4-2-1-3-9(10)5-7-12-11;/h1-5,7,13H,6,8H2;1H. The third kappa shape index (κ3) is 2.22. The van der Waals surface area contributed by atoms with Crippen molar-refractivity contribution in [1.29, 1.82) is 0 Å². The van der Waals surface area contributed by atoms with Crippen LogP contribution in [0, 0.1) is 0 Å². The van der Waals surface area contributed by atoms with Gasteiger partial charge in [-0.05, 0) is 11.5 Å². The van der Waals surface area contributed by atoms with Crippen molar-refractivity contribution in [3.05, 3.63) is 42.2 Å². The van der Waals surface area contributed by atoms with Crippen molar-refractivity contribution in [2.75, 3.05) is 6.61 Å². The molecule has 74 valence electrons. The summed E-state index contributed by atoms with van der Waals surface area (Å²) in [5, 5.41) is 11.2. The van der Waals surface area contributed by atoms with Crippen molar-refractivity contribution in [2.24, 2.45) is 0 Å². The molecular formula is C11H12INO. The summed E-state index contributed by atoms with van der Waals surface area (Å²) < 4.78 is 0. The quantitative estimate of drug-likeness (QED) is 0.864. The Bertz CT molecular complexity index is 411. The van der Waals surface area contributed by atoms with Crippen molar-refractivity contribution in [3.63, 3.8) is 0 Å². The highest BCUT2D eigenvalue weighted by Gasteiger charge is 1.99. The van der Waals surface area contributed by atoms with Crippen molar-refractivity contribution >= 4 is 34.7 Å². The molecular weight excluding hydrogens is 289 g/mol. The molecule has 0 spiro atoms. The summed E-state index contributed by atoms with van der Waals surface area (Å²) in [5.41, 5.74) is 0.973. The molecule has 0 bridgehead atoms. The number of aromatic nitrogens is 1. The Kier molecular flexibility index (Phi) is 4.28. The molecule has 14 heavy (non-hydrogen) atoms. The number of rotatable bonds is 2. The number of nitrogens with zero attached hydrogens (tertiary/aromatic N) is 1. The maximum atomic E-state index is 8.84. The van der Waals surface area contributed by atoms with Gasteiger partial charge >= 0.3 is 0 Å². The Balaban J connectivity index is 0.000000980. The second-order valence-corrected chi connectivity index (χ2v) is 2.95. The van der Waals surface area contributed by atoms with Gasteiger partial charge < -0.3 is 5.11 Å². The van der Waals surface area contributed by atoms with Crippen molar-refractivity contribution in [1.82, 2.24) is 4.98 Å². The second kappa shape index (κ2) is 5.26. The first kappa shape index (κ1) is 11.4. The zero-order valence-corrected chi connectivity index (χ0v) is 10.0. The minimum absolute atomic E-state index is 0. The smallest absolute Gasteiger partial charge is 0.0504 e. The van der Waals surface area contributed by atoms with E-state index in [2.05, 4.69) is 11.1 Å². The number of halogens is 1. The van der Waals surface area contributed by atoms with E-state index in [-0.39, 0.29) is 30.6 Å². The molecule has 0 unspecified atom stereocenters. The van der Waals surface area contributed by atoms with E-state index in [0.717, 1.165) is 11.1 Å². The van der Waals surface area contributed by atoms with E-state index in [0.29, 0.717) is 6.42 Å². The van der Waals surface area contributed by atoms with Gasteiger partial charge in [0.05, 0.1) is 5.69 Å².